The molecule has 1 aliphatic heterocycles. The molecule has 0 bridgehead atoms. The molecule has 3 atom stereocenters. The molecule has 0 aromatic rings. The van der Waals surface area contributed by atoms with Gasteiger partial charge in [0, 0.05) is 6.54 Å². The lowest BCUT2D eigenvalue weighted by molar-refractivity contribution is -0.155. The van der Waals surface area contributed by atoms with Crippen LogP contribution in [-0.2, 0) is 19.6 Å². The maximum absolute atomic E-state index is 12.8. The van der Waals surface area contributed by atoms with E-state index in [1.165, 1.54) is 18.6 Å². The van der Waals surface area contributed by atoms with Crippen LogP contribution in [0.4, 0.5) is 13.2 Å². The number of rotatable bonds is 5. The average molecular weight is 416 g/mol. The first-order chi connectivity index (χ1) is 12.0. The van der Waals surface area contributed by atoms with Crippen LogP contribution in [0.15, 0.2) is 0 Å². The zero-order chi connectivity index (χ0) is 21.4. The van der Waals surface area contributed by atoms with Crippen molar-refractivity contribution >= 4 is 21.9 Å². The van der Waals surface area contributed by atoms with Crippen molar-refractivity contribution in [2.24, 2.45) is 17.3 Å². The minimum Gasteiger partial charge on any atom is -0.480 e. The summed E-state index contributed by atoms with van der Waals surface area (Å²) < 4.78 is 62.3. The fraction of sp³-hybridized carbons (Fsp3) is 0.875. The first-order valence-corrected chi connectivity index (χ1v) is 10.1. The number of halogens is 3. The van der Waals surface area contributed by atoms with Gasteiger partial charge in [-0.05, 0) is 30.1 Å². The molecule has 0 aliphatic carbocycles. The smallest absolute Gasteiger partial charge is 0.480 e. The van der Waals surface area contributed by atoms with Gasteiger partial charge in [0.1, 0.15) is 12.1 Å². The van der Waals surface area contributed by atoms with Gasteiger partial charge in [-0.3, -0.25) is 4.79 Å². The average Bonchev–Trinajstić information content (AvgIpc) is 2.49. The fourth-order valence-corrected chi connectivity index (χ4v) is 3.98. The first kappa shape index (κ1) is 23.7. The van der Waals surface area contributed by atoms with Crippen LogP contribution in [0.25, 0.3) is 0 Å². The van der Waals surface area contributed by atoms with Crippen molar-refractivity contribution in [3.63, 3.8) is 0 Å². The molecule has 1 saturated heterocycles. The maximum Gasteiger partial charge on any atom is 0.511 e. The summed E-state index contributed by atoms with van der Waals surface area (Å²) in [4.78, 5) is 25.4. The summed E-state index contributed by atoms with van der Waals surface area (Å²) in [5, 5.41) is 9.51. The number of carbonyl (C=O) groups excluding carboxylic acids is 1. The number of sulfonamides is 1. The number of hydrogen-bond acceptors (Lipinski definition) is 4. The number of amides is 1. The summed E-state index contributed by atoms with van der Waals surface area (Å²) in [7, 11) is -5.74. The fourth-order valence-electron chi connectivity index (χ4n) is 3.13. The third-order valence-corrected chi connectivity index (χ3v) is 6.09. The SMILES string of the molecule is CC(C)[C@H](NS(=O)(=O)C(F)(F)F)C(=O)N1CC[C@@H](C(C)(C)C)C[C@H]1C(=O)O. The van der Waals surface area contributed by atoms with Crippen molar-refractivity contribution in [1.29, 1.82) is 0 Å². The Bertz CT molecular complexity index is 671. The number of nitrogens with zero attached hydrogens (tertiary/aromatic N) is 1. The Kier molecular flexibility index (Phi) is 6.96. The topological polar surface area (TPSA) is 104 Å². The summed E-state index contributed by atoms with van der Waals surface area (Å²) in [5.41, 5.74) is -5.76. The molecule has 0 radical (unpaired) electrons. The van der Waals surface area contributed by atoms with Crippen LogP contribution in [0.1, 0.15) is 47.5 Å². The van der Waals surface area contributed by atoms with Gasteiger partial charge in [-0.1, -0.05) is 34.6 Å². The van der Waals surface area contributed by atoms with Crippen molar-refractivity contribution in [3.8, 4) is 0 Å². The zero-order valence-electron chi connectivity index (χ0n) is 16.0. The lowest BCUT2D eigenvalue weighted by atomic mass is 9.73. The Morgan fingerprint density at radius 3 is 2.07 bits per heavy atom. The van der Waals surface area contributed by atoms with E-state index in [9.17, 15) is 36.3 Å². The number of piperidine rings is 1. The lowest BCUT2D eigenvalue weighted by Gasteiger charge is -2.43. The molecule has 27 heavy (non-hydrogen) atoms. The van der Waals surface area contributed by atoms with E-state index in [0.29, 0.717) is 6.42 Å². The van der Waals surface area contributed by atoms with Crippen LogP contribution in [0.2, 0.25) is 0 Å². The molecule has 11 heteroatoms. The molecule has 7 nitrogen and oxygen atoms in total. The van der Waals surface area contributed by atoms with E-state index >= 15 is 0 Å². The molecule has 0 aromatic carbocycles. The highest BCUT2D eigenvalue weighted by Crippen LogP contribution is 2.37. The lowest BCUT2D eigenvalue weighted by Crippen LogP contribution is -2.59. The molecular weight excluding hydrogens is 389 g/mol. The monoisotopic (exact) mass is 416 g/mol. The Balaban J connectivity index is 3.13. The van der Waals surface area contributed by atoms with E-state index < -0.39 is 45.4 Å². The van der Waals surface area contributed by atoms with E-state index in [0.717, 1.165) is 4.90 Å². The van der Waals surface area contributed by atoms with Crippen LogP contribution >= 0.6 is 0 Å². The second-order valence-corrected chi connectivity index (χ2v) is 9.97. The van der Waals surface area contributed by atoms with E-state index in [2.05, 4.69) is 0 Å². The highest BCUT2D eigenvalue weighted by Gasteiger charge is 2.49. The molecule has 0 aromatic heterocycles. The van der Waals surface area contributed by atoms with E-state index in [-0.39, 0.29) is 24.3 Å². The van der Waals surface area contributed by atoms with Gasteiger partial charge in [0.25, 0.3) is 0 Å². The molecule has 0 unspecified atom stereocenters. The van der Waals surface area contributed by atoms with Gasteiger partial charge in [-0.2, -0.15) is 17.9 Å². The van der Waals surface area contributed by atoms with E-state index in [1.54, 1.807) is 0 Å². The summed E-state index contributed by atoms with van der Waals surface area (Å²) >= 11 is 0. The molecule has 1 aliphatic rings. The third-order valence-electron chi connectivity index (χ3n) is 4.91. The van der Waals surface area contributed by atoms with Crippen LogP contribution in [0.5, 0.6) is 0 Å². The summed E-state index contributed by atoms with van der Waals surface area (Å²) in [5.74, 6) is -3.02. The number of nitrogens with one attached hydrogen (secondary N) is 1. The Labute approximate surface area is 157 Å². The molecule has 0 saturated carbocycles. The van der Waals surface area contributed by atoms with Gasteiger partial charge in [0.05, 0.1) is 0 Å². The highest BCUT2D eigenvalue weighted by atomic mass is 32.2. The van der Waals surface area contributed by atoms with Crippen molar-refractivity contribution in [2.75, 3.05) is 6.54 Å². The number of carboxylic acids is 1. The largest absolute Gasteiger partial charge is 0.511 e. The minimum atomic E-state index is -5.74. The standard InChI is InChI=1S/C16H27F3N2O5S/c1-9(2)12(20-27(25,26)16(17,18)19)13(22)21-7-6-10(15(3,4)5)8-11(21)14(23)24/h9-12,20H,6-8H2,1-5H3,(H,23,24)/t10-,11+,12+/m1/s1. The molecule has 1 amide bonds. The number of carbonyl (C=O) groups is 2. The van der Waals surface area contributed by atoms with Crippen LogP contribution in [0.3, 0.4) is 0 Å². The number of carboxylic acid groups (broad SMARTS) is 1. The number of likely N-dealkylation sites (tertiary alicyclic amines) is 1. The van der Waals surface area contributed by atoms with Gasteiger partial charge in [0.2, 0.25) is 5.91 Å². The number of alkyl halides is 3. The Morgan fingerprint density at radius 2 is 1.70 bits per heavy atom. The van der Waals surface area contributed by atoms with Gasteiger partial charge in [-0.25, -0.2) is 13.2 Å². The predicted octanol–water partition coefficient (Wildman–Crippen LogP) is 2.19. The number of hydrogen-bond donors (Lipinski definition) is 2. The van der Waals surface area contributed by atoms with Crippen LogP contribution in [0, 0.1) is 17.3 Å². The minimum absolute atomic E-state index is 0.00650. The zero-order valence-corrected chi connectivity index (χ0v) is 16.8. The molecule has 0 spiro atoms. The van der Waals surface area contributed by atoms with Gasteiger partial charge in [0.15, 0.2) is 0 Å². The maximum atomic E-state index is 12.8. The van der Waals surface area contributed by atoms with E-state index in [4.69, 9.17) is 0 Å². The molecular formula is C16H27F3N2O5S. The van der Waals surface area contributed by atoms with E-state index in [1.807, 2.05) is 20.8 Å². The van der Waals surface area contributed by atoms with Crippen molar-refractivity contribution in [3.05, 3.63) is 0 Å². The molecule has 1 heterocycles. The van der Waals surface area contributed by atoms with Gasteiger partial charge >= 0.3 is 21.5 Å². The Morgan fingerprint density at radius 1 is 1.19 bits per heavy atom. The quantitative estimate of drug-likeness (QED) is 0.715. The van der Waals surface area contributed by atoms with Gasteiger partial charge < -0.3 is 10.0 Å². The third kappa shape index (κ3) is 5.56. The van der Waals surface area contributed by atoms with Crippen molar-refractivity contribution in [2.45, 2.75) is 65.1 Å². The van der Waals surface area contributed by atoms with Crippen molar-refractivity contribution in [1.82, 2.24) is 9.62 Å². The summed E-state index contributed by atoms with van der Waals surface area (Å²) in [6.07, 6.45) is 0.636. The highest BCUT2D eigenvalue weighted by molar-refractivity contribution is 7.90. The van der Waals surface area contributed by atoms with Crippen LogP contribution in [-0.4, -0.2) is 54.4 Å². The first-order valence-electron chi connectivity index (χ1n) is 8.61. The van der Waals surface area contributed by atoms with Crippen LogP contribution < -0.4 is 4.72 Å². The van der Waals surface area contributed by atoms with Gasteiger partial charge in [-0.15, -0.1) is 0 Å². The molecule has 158 valence electrons. The second kappa shape index (κ2) is 7.94. The second-order valence-electron chi connectivity index (χ2n) is 8.26. The summed E-state index contributed by atoms with van der Waals surface area (Å²) in [6, 6.07) is -2.92. The van der Waals surface area contributed by atoms with Crippen molar-refractivity contribution < 1.29 is 36.3 Å². The molecule has 1 fully saturated rings. The Hall–Kier alpha value is -1.36. The summed E-state index contributed by atoms with van der Waals surface area (Å²) in [6.45, 7) is 8.65. The molecule has 1 rings (SSSR count). The molecule has 2 N–H and O–H groups in total. The normalized spacial score (nSPS) is 23.4. The number of aliphatic carboxylic acids is 1. The predicted molar refractivity (Wildman–Crippen MR) is 92.1 cm³/mol.